The first-order chi connectivity index (χ1) is 14.1. The number of carbonyl (C=O) groups excluding carboxylic acids is 1. The number of anilines is 2. The Kier molecular flexibility index (Phi) is 6.63. The minimum Gasteiger partial charge on any atom is -0.493 e. The van der Waals surface area contributed by atoms with Gasteiger partial charge >= 0.3 is 0 Å². The molecule has 0 radical (unpaired) electrons. The van der Waals surface area contributed by atoms with Crippen LogP contribution in [0.4, 0.5) is 11.5 Å². The molecule has 150 valence electrons. The van der Waals surface area contributed by atoms with Crippen LogP contribution in [0.5, 0.6) is 11.5 Å². The molecule has 0 bridgehead atoms. The van der Waals surface area contributed by atoms with E-state index in [9.17, 15) is 4.79 Å². The summed E-state index contributed by atoms with van der Waals surface area (Å²) < 4.78 is 10.5. The number of nitrogens with zero attached hydrogens (tertiary/aromatic N) is 2. The van der Waals surface area contributed by atoms with Gasteiger partial charge in [0.25, 0.3) is 5.91 Å². The van der Waals surface area contributed by atoms with Gasteiger partial charge in [-0.25, -0.2) is 9.97 Å². The number of hydrogen-bond donors (Lipinski definition) is 2. The molecule has 0 atom stereocenters. The normalized spacial score (nSPS) is 10.3. The van der Waals surface area contributed by atoms with Gasteiger partial charge < -0.3 is 20.1 Å². The zero-order valence-corrected chi connectivity index (χ0v) is 16.7. The number of amides is 1. The summed E-state index contributed by atoms with van der Waals surface area (Å²) in [4.78, 5) is 21.9. The third-order valence-electron chi connectivity index (χ3n) is 4.19. The minimum atomic E-state index is -0.337. The Labute approximate surface area is 170 Å². The van der Waals surface area contributed by atoms with E-state index in [-0.39, 0.29) is 11.6 Å². The molecule has 3 aromatic rings. The third kappa shape index (κ3) is 5.01. The molecule has 0 saturated carbocycles. The Morgan fingerprint density at radius 3 is 2.41 bits per heavy atom. The summed E-state index contributed by atoms with van der Waals surface area (Å²) in [7, 11) is 3.11. The van der Waals surface area contributed by atoms with E-state index < -0.39 is 0 Å². The minimum absolute atomic E-state index is 0.271. The molecular formula is C22H24N4O3. The average molecular weight is 392 g/mol. The van der Waals surface area contributed by atoms with E-state index >= 15 is 0 Å². The van der Waals surface area contributed by atoms with Crippen molar-refractivity contribution in [1.29, 1.82) is 0 Å². The van der Waals surface area contributed by atoms with E-state index in [4.69, 9.17) is 9.47 Å². The monoisotopic (exact) mass is 392 g/mol. The second-order valence-electron chi connectivity index (χ2n) is 6.28. The van der Waals surface area contributed by atoms with Crippen LogP contribution in [-0.2, 0) is 0 Å². The second-order valence-corrected chi connectivity index (χ2v) is 6.28. The molecular weight excluding hydrogens is 368 g/mol. The molecule has 1 heterocycles. The molecule has 2 aromatic carbocycles. The summed E-state index contributed by atoms with van der Waals surface area (Å²) in [6, 6.07) is 16.4. The summed E-state index contributed by atoms with van der Waals surface area (Å²) >= 11 is 0. The molecule has 0 unspecified atom stereocenters. The van der Waals surface area contributed by atoms with E-state index in [2.05, 4.69) is 27.5 Å². The zero-order valence-electron chi connectivity index (χ0n) is 16.7. The Bertz CT molecular complexity index is 977. The fourth-order valence-corrected chi connectivity index (χ4v) is 2.73. The molecule has 0 spiro atoms. The molecule has 0 saturated heterocycles. The Morgan fingerprint density at radius 1 is 0.966 bits per heavy atom. The summed E-state index contributed by atoms with van der Waals surface area (Å²) in [6.45, 7) is 2.82. The van der Waals surface area contributed by atoms with Gasteiger partial charge in [0, 0.05) is 29.9 Å². The number of carbonyl (C=O) groups is 1. The fraction of sp³-hybridized carbons (Fsp3) is 0.227. The number of benzene rings is 2. The molecule has 0 fully saturated rings. The van der Waals surface area contributed by atoms with Crippen LogP contribution in [0.1, 0.15) is 23.8 Å². The molecule has 2 N–H and O–H groups in total. The smallest absolute Gasteiger partial charge is 0.274 e. The van der Waals surface area contributed by atoms with Crippen molar-refractivity contribution in [3.63, 3.8) is 0 Å². The van der Waals surface area contributed by atoms with Crippen molar-refractivity contribution >= 4 is 17.4 Å². The average Bonchev–Trinajstić information content (AvgIpc) is 2.77. The highest BCUT2D eigenvalue weighted by atomic mass is 16.5. The zero-order chi connectivity index (χ0) is 20.6. The first-order valence-electron chi connectivity index (χ1n) is 9.36. The number of nitrogens with one attached hydrogen (secondary N) is 2. The molecule has 0 aliphatic rings. The first kappa shape index (κ1) is 20.1. The quantitative estimate of drug-likeness (QED) is 0.597. The molecule has 7 nitrogen and oxygen atoms in total. The van der Waals surface area contributed by atoms with E-state index in [1.165, 1.54) is 0 Å². The maximum atomic E-state index is 12.9. The Balaban J connectivity index is 1.91. The SMILES string of the molecule is CCCNc1cc(C(=O)Nc2ccc(OC)c(OC)c2)nc(-c2ccccc2)n1. The van der Waals surface area contributed by atoms with Crippen molar-refractivity contribution in [3.8, 4) is 22.9 Å². The Hall–Kier alpha value is -3.61. The largest absolute Gasteiger partial charge is 0.493 e. The number of aromatic nitrogens is 2. The number of rotatable bonds is 8. The lowest BCUT2D eigenvalue weighted by atomic mass is 10.2. The molecule has 29 heavy (non-hydrogen) atoms. The summed E-state index contributed by atoms with van der Waals surface area (Å²) in [6.07, 6.45) is 0.942. The predicted molar refractivity (Wildman–Crippen MR) is 114 cm³/mol. The van der Waals surface area contributed by atoms with Crippen molar-refractivity contribution < 1.29 is 14.3 Å². The maximum absolute atomic E-state index is 12.9. The van der Waals surface area contributed by atoms with Crippen LogP contribution >= 0.6 is 0 Å². The lowest BCUT2D eigenvalue weighted by Gasteiger charge is -2.12. The standard InChI is InChI=1S/C22H24N4O3/c1-4-12-23-20-14-17(25-21(26-20)15-8-6-5-7-9-15)22(27)24-16-10-11-18(28-2)19(13-16)29-3/h5-11,13-14H,4,12H2,1-3H3,(H,24,27)(H,23,25,26). The van der Waals surface area contributed by atoms with Gasteiger partial charge in [-0.2, -0.15) is 0 Å². The highest BCUT2D eigenvalue weighted by Crippen LogP contribution is 2.30. The van der Waals surface area contributed by atoms with Crippen LogP contribution in [0.15, 0.2) is 54.6 Å². The third-order valence-corrected chi connectivity index (χ3v) is 4.19. The number of methoxy groups -OCH3 is 2. The second kappa shape index (κ2) is 9.54. The van der Waals surface area contributed by atoms with Crippen LogP contribution in [0.3, 0.4) is 0 Å². The number of hydrogen-bond acceptors (Lipinski definition) is 6. The van der Waals surface area contributed by atoms with Gasteiger partial charge in [-0.3, -0.25) is 4.79 Å². The fourth-order valence-electron chi connectivity index (χ4n) is 2.73. The van der Waals surface area contributed by atoms with Crippen molar-refractivity contribution in [3.05, 3.63) is 60.3 Å². The topological polar surface area (TPSA) is 85.4 Å². The summed E-state index contributed by atoms with van der Waals surface area (Å²) in [5.41, 5.74) is 1.69. The molecule has 7 heteroatoms. The predicted octanol–water partition coefficient (Wildman–Crippen LogP) is 4.24. The van der Waals surface area contributed by atoms with E-state index in [1.807, 2.05) is 30.3 Å². The highest BCUT2D eigenvalue weighted by Gasteiger charge is 2.14. The summed E-state index contributed by atoms with van der Waals surface area (Å²) in [5, 5.41) is 6.08. The van der Waals surface area contributed by atoms with E-state index in [0.717, 1.165) is 18.5 Å². The first-order valence-corrected chi connectivity index (χ1v) is 9.36. The van der Waals surface area contributed by atoms with Gasteiger partial charge in [-0.1, -0.05) is 37.3 Å². The van der Waals surface area contributed by atoms with E-state index in [0.29, 0.717) is 28.8 Å². The van der Waals surface area contributed by atoms with Gasteiger partial charge in [-0.05, 0) is 18.6 Å². The number of ether oxygens (including phenoxy) is 2. The molecule has 0 aliphatic heterocycles. The molecule has 3 rings (SSSR count). The highest BCUT2D eigenvalue weighted by molar-refractivity contribution is 6.03. The van der Waals surface area contributed by atoms with Gasteiger partial charge in [-0.15, -0.1) is 0 Å². The van der Waals surface area contributed by atoms with Crippen molar-refractivity contribution in [2.75, 3.05) is 31.4 Å². The Morgan fingerprint density at radius 2 is 1.72 bits per heavy atom. The van der Waals surface area contributed by atoms with Crippen molar-refractivity contribution in [1.82, 2.24) is 9.97 Å². The van der Waals surface area contributed by atoms with Gasteiger partial charge in [0.15, 0.2) is 17.3 Å². The van der Waals surface area contributed by atoms with Crippen LogP contribution in [0.2, 0.25) is 0 Å². The van der Waals surface area contributed by atoms with Crippen LogP contribution in [0, 0.1) is 0 Å². The van der Waals surface area contributed by atoms with Crippen LogP contribution in [0.25, 0.3) is 11.4 Å². The van der Waals surface area contributed by atoms with Gasteiger partial charge in [0.05, 0.1) is 14.2 Å². The molecule has 0 aliphatic carbocycles. The van der Waals surface area contributed by atoms with Gasteiger partial charge in [0.2, 0.25) is 0 Å². The van der Waals surface area contributed by atoms with E-state index in [1.54, 1.807) is 38.5 Å². The molecule has 1 amide bonds. The van der Waals surface area contributed by atoms with Crippen LogP contribution in [-0.4, -0.2) is 36.6 Å². The van der Waals surface area contributed by atoms with Crippen molar-refractivity contribution in [2.24, 2.45) is 0 Å². The lowest BCUT2D eigenvalue weighted by Crippen LogP contribution is -2.16. The van der Waals surface area contributed by atoms with Crippen LogP contribution < -0.4 is 20.1 Å². The van der Waals surface area contributed by atoms with Crippen molar-refractivity contribution in [2.45, 2.75) is 13.3 Å². The lowest BCUT2D eigenvalue weighted by molar-refractivity contribution is 0.102. The summed E-state index contributed by atoms with van der Waals surface area (Å²) in [5.74, 6) is 1.88. The molecule has 1 aromatic heterocycles. The maximum Gasteiger partial charge on any atom is 0.274 e. The van der Waals surface area contributed by atoms with Gasteiger partial charge in [0.1, 0.15) is 11.5 Å².